The van der Waals surface area contributed by atoms with Gasteiger partial charge in [0.15, 0.2) is 0 Å². The van der Waals surface area contributed by atoms with Gasteiger partial charge in [-0.2, -0.15) is 0 Å². The van der Waals surface area contributed by atoms with Gasteiger partial charge in [0.1, 0.15) is 24.4 Å². The van der Waals surface area contributed by atoms with Gasteiger partial charge in [0.2, 0.25) is 0 Å². The fourth-order valence-electron chi connectivity index (χ4n) is 3.08. The molecule has 0 bridgehead atoms. The summed E-state index contributed by atoms with van der Waals surface area (Å²) in [7, 11) is 0. The number of unbranched alkanes of at least 4 members (excludes halogenated alkanes) is 8. The zero-order valence-electron chi connectivity index (χ0n) is 15.8. The number of hydrogen-bond donors (Lipinski definition) is 3. The molecular weight excluding hydrogens is 320 g/mol. The minimum Gasteiger partial charge on any atom is -0.394 e. The van der Waals surface area contributed by atoms with Gasteiger partial charge >= 0.3 is 0 Å². The van der Waals surface area contributed by atoms with Crippen LogP contribution in [0.1, 0.15) is 71.1 Å². The first-order valence-electron chi connectivity index (χ1n) is 10.1. The summed E-state index contributed by atoms with van der Waals surface area (Å²) in [5.74, 6) is 0. The summed E-state index contributed by atoms with van der Waals surface area (Å²) in [6, 6.07) is 0. The van der Waals surface area contributed by atoms with E-state index in [4.69, 9.17) is 9.47 Å². The first kappa shape index (κ1) is 22.6. The van der Waals surface area contributed by atoms with E-state index in [1.54, 1.807) is 0 Å². The molecule has 4 atom stereocenters. The first-order valence-corrected chi connectivity index (χ1v) is 10.1. The quantitative estimate of drug-likeness (QED) is 0.310. The lowest BCUT2D eigenvalue weighted by molar-refractivity contribution is -0.101. The Morgan fingerprint density at radius 2 is 1.64 bits per heavy atom. The molecule has 25 heavy (non-hydrogen) atoms. The maximum atomic E-state index is 9.79. The molecule has 0 spiro atoms. The normalized spacial score (nSPS) is 25.0. The molecule has 5 heteroatoms. The number of aliphatic hydroxyl groups is 3. The number of rotatable bonds is 15. The third-order valence-corrected chi connectivity index (χ3v) is 4.72. The molecule has 0 unspecified atom stereocenters. The Bertz CT molecular complexity index is 334. The fourth-order valence-corrected chi connectivity index (χ4v) is 3.08. The van der Waals surface area contributed by atoms with Crippen molar-refractivity contribution in [2.75, 3.05) is 19.8 Å². The fraction of sp³-hybridized carbons (Fsp3) is 0.900. The van der Waals surface area contributed by atoms with Crippen LogP contribution in [0.25, 0.3) is 0 Å². The molecule has 5 nitrogen and oxygen atoms in total. The van der Waals surface area contributed by atoms with E-state index in [9.17, 15) is 15.3 Å². The van der Waals surface area contributed by atoms with Gasteiger partial charge in [-0.25, -0.2) is 0 Å². The second-order valence-electron chi connectivity index (χ2n) is 6.97. The number of aliphatic hydroxyl groups excluding tert-OH is 3. The summed E-state index contributed by atoms with van der Waals surface area (Å²) in [6.45, 7) is 2.66. The monoisotopic (exact) mass is 358 g/mol. The van der Waals surface area contributed by atoms with Crippen molar-refractivity contribution in [1.29, 1.82) is 0 Å². The highest BCUT2D eigenvalue weighted by Crippen LogP contribution is 2.20. The number of hydrogen-bond acceptors (Lipinski definition) is 5. The Labute approximate surface area is 153 Å². The predicted octanol–water partition coefficient (Wildman–Crippen LogP) is 2.96. The molecule has 1 rings (SSSR count). The third kappa shape index (κ3) is 9.71. The molecule has 0 saturated carbocycles. The highest BCUT2D eigenvalue weighted by molar-refractivity contribution is 4.88. The standard InChI is InChI=1S/C20H38O5/c1-2-3-4-5-6-7-8-9-10-11-12-13-14-24-18(15-21)20-19(23)17(22)16-25-20/h6-7,17-23H,2-5,8-16H2,1H3/b7-6+/t17-,18+,19+,20+/m1/s1. The number of allylic oxidation sites excluding steroid dienone is 2. The molecule has 0 aromatic carbocycles. The number of ether oxygens (including phenoxy) is 2. The van der Waals surface area contributed by atoms with Gasteiger partial charge in [-0.1, -0.05) is 51.2 Å². The molecule has 1 heterocycles. The average Bonchev–Trinajstić information content (AvgIpc) is 2.95. The van der Waals surface area contributed by atoms with Crippen molar-refractivity contribution in [3.05, 3.63) is 12.2 Å². The van der Waals surface area contributed by atoms with Crippen LogP contribution in [0.2, 0.25) is 0 Å². The van der Waals surface area contributed by atoms with Crippen molar-refractivity contribution in [3.63, 3.8) is 0 Å². The zero-order chi connectivity index (χ0) is 18.3. The van der Waals surface area contributed by atoms with E-state index < -0.39 is 24.4 Å². The lowest BCUT2D eigenvalue weighted by Gasteiger charge is -2.24. The Kier molecular flexibility index (Phi) is 13.3. The smallest absolute Gasteiger partial charge is 0.114 e. The van der Waals surface area contributed by atoms with Gasteiger partial charge in [0.25, 0.3) is 0 Å². The Balaban J connectivity index is 1.94. The Morgan fingerprint density at radius 1 is 1.00 bits per heavy atom. The molecule has 1 aliphatic heterocycles. The van der Waals surface area contributed by atoms with E-state index in [2.05, 4.69) is 19.1 Å². The second-order valence-corrected chi connectivity index (χ2v) is 6.97. The molecule has 3 N–H and O–H groups in total. The van der Waals surface area contributed by atoms with Crippen LogP contribution in [-0.4, -0.2) is 59.6 Å². The Morgan fingerprint density at radius 3 is 2.24 bits per heavy atom. The van der Waals surface area contributed by atoms with E-state index in [1.165, 1.54) is 51.4 Å². The first-order chi connectivity index (χ1) is 12.2. The van der Waals surface area contributed by atoms with Crippen molar-refractivity contribution in [2.24, 2.45) is 0 Å². The highest BCUT2D eigenvalue weighted by Gasteiger charge is 2.40. The lowest BCUT2D eigenvalue weighted by Crippen LogP contribution is -2.42. The van der Waals surface area contributed by atoms with Crippen LogP contribution in [0.4, 0.5) is 0 Å². The van der Waals surface area contributed by atoms with Gasteiger partial charge in [0.05, 0.1) is 13.2 Å². The van der Waals surface area contributed by atoms with Crippen LogP contribution in [0.3, 0.4) is 0 Å². The van der Waals surface area contributed by atoms with Crippen molar-refractivity contribution in [2.45, 2.75) is 95.5 Å². The zero-order valence-corrected chi connectivity index (χ0v) is 15.8. The minimum atomic E-state index is -0.979. The summed E-state index contributed by atoms with van der Waals surface area (Å²) < 4.78 is 10.9. The summed E-state index contributed by atoms with van der Waals surface area (Å²) >= 11 is 0. The van der Waals surface area contributed by atoms with E-state index in [0.29, 0.717) is 6.61 Å². The van der Waals surface area contributed by atoms with Crippen LogP contribution in [0.5, 0.6) is 0 Å². The van der Waals surface area contributed by atoms with Gasteiger partial charge in [-0.3, -0.25) is 0 Å². The van der Waals surface area contributed by atoms with E-state index in [-0.39, 0.29) is 13.2 Å². The molecule has 1 fully saturated rings. The topological polar surface area (TPSA) is 79.2 Å². The molecule has 1 saturated heterocycles. The van der Waals surface area contributed by atoms with Gasteiger partial charge in [-0.05, 0) is 32.1 Å². The van der Waals surface area contributed by atoms with Crippen molar-refractivity contribution in [3.8, 4) is 0 Å². The molecule has 0 radical (unpaired) electrons. The van der Waals surface area contributed by atoms with Gasteiger partial charge < -0.3 is 24.8 Å². The molecule has 148 valence electrons. The molecular formula is C20H38O5. The molecule has 0 aromatic rings. The predicted molar refractivity (Wildman–Crippen MR) is 99.6 cm³/mol. The summed E-state index contributed by atoms with van der Waals surface area (Å²) in [4.78, 5) is 0. The highest BCUT2D eigenvalue weighted by atomic mass is 16.6. The van der Waals surface area contributed by atoms with Crippen LogP contribution in [-0.2, 0) is 9.47 Å². The van der Waals surface area contributed by atoms with Crippen LogP contribution >= 0.6 is 0 Å². The van der Waals surface area contributed by atoms with Crippen molar-refractivity contribution < 1.29 is 24.8 Å². The van der Waals surface area contributed by atoms with Crippen LogP contribution in [0, 0.1) is 0 Å². The van der Waals surface area contributed by atoms with Crippen molar-refractivity contribution in [1.82, 2.24) is 0 Å². The molecule has 0 aliphatic carbocycles. The van der Waals surface area contributed by atoms with Crippen LogP contribution < -0.4 is 0 Å². The summed E-state index contributed by atoms with van der Waals surface area (Å²) in [5.41, 5.74) is 0. The third-order valence-electron chi connectivity index (χ3n) is 4.72. The minimum absolute atomic E-state index is 0.0960. The maximum absolute atomic E-state index is 9.79. The molecule has 0 aromatic heterocycles. The van der Waals surface area contributed by atoms with Crippen molar-refractivity contribution >= 4 is 0 Å². The second kappa shape index (κ2) is 14.7. The SMILES string of the molecule is CCCCC/C=C/CCCCCCCO[C@@H](CO)[C@@H]1OC[C@@H](O)[C@@H]1O. The summed E-state index contributed by atoms with van der Waals surface area (Å²) in [6.07, 6.45) is 13.6. The van der Waals surface area contributed by atoms with Gasteiger partial charge in [-0.15, -0.1) is 0 Å². The van der Waals surface area contributed by atoms with Gasteiger partial charge in [0, 0.05) is 6.61 Å². The van der Waals surface area contributed by atoms with E-state index in [1.807, 2.05) is 0 Å². The van der Waals surface area contributed by atoms with E-state index >= 15 is 0 Å². The average molecular weight is 359 g/mol. The molecule has 0 amide bonds. The van der Waals surface area contributed by atoms with Crippen LogP contribution in [0.15, 0.2) is 12.2 Å². The van der Waals surface area contributed by atoms with E-state index in [0.717, 1.165) is 12.8 Å². The maximum Gasteiger partial charge on any atom is 0.114 e. The molecule has 1 aliphatic rings. The largest absolute Gasteiger partial charge is 0.394 e. The summed E-state index contributed by atoms with van der Waals surface area (Å²) in [5, 5.41) is 28.6. The lowest BCUT2D eigenvalue weighted by atomic mass is 10.1. The Hall–Kier alpha value is -0.460.